The first-order valence-electron chi connectivity index (χ1n) is 7.00. The molecule has 2 aliphatic carbocycles. The summed E-state index contributed by atoms with van der Waals surface area (Å²) in [6.45, 7) is 0.274. The Bertz CT molecular complexity index is 452. The lowest BCUT2D eigenvalue weighted by atomic mass is 9.99. The fraction of sp³-hybridized carbons (Fsp3) is 0.600. The maximum absolute atomic E-state index is 9.75. The first kappa shape index (κ1) is 13.9. The summed E-state index contributed by atoms with van der Waals surface area (Å²) < 4.78 is 1.18. The molecule has 0 bridgehead atoms. The number of halogens is 1. The Morgan fingerprint density at radius 2 is 2.11 bits per heavy atom. The maximum Gasteiger partial charge on any atom is 0.0613 e. The molecular weight excluding hydrogens is 322 g/mol. The highest BCUT2D eigenvalue weighted by molar-refractivity contribution is 9.10. The highest BCUT2D eigenvalue weighted by Gasteiger charge is 2.42. The summed E-state index contributed by atoms with van der Waals surface area (Å²) >= 11 is 5.56. The summed E-state index contributed by atoms with van der Waals surface area (Å²) in [6, 6.07) is 9.07. The summed E-state index contributed by atoms with van der Waals surface area (Å²) in [5.41, 5.74) is -0.0138. The molecular formula is C15H20BrNOS. The minimum Gasteiger partial charge on any atom is -0.394 e. The van der Waals surface area contributed by atoms with Crippen LogP contribution in [0.15, 0.2) is 33.6 Å². The van der Waals surface area contributed by atoms with E-state index in [0.29, 0.717) is 11.3 Å². The molecule has 0 aromatic heterocycles. The topological polar surface area (TPSA) is 32.3 Å². The predicted octanol–water partition coefficient (Wildman–Crippen LogP) is 3.58. The van der Waals surface area contributed by atoms with Crippen LogP contribution in [0.3, 0.4) is 0 Å². The molecule has 1 aromatic carbocycles. The molecule has 0 aliphatic heterocycles. The molecule has 1 aromatic rings. The summed E-state index contributed by atoms with van der Waals surface area (Å²) in [7, 11) is 0. The van der Waals surface area contributed by atoms with Crippen LogP contribution in [0.5, 0.6) is 0 Å². The molecule has 2 saturated carbocycles. The number of aliphatic hydroxyl groups excluding tert-OH is 1. The predicted molar refractivity (Wildman–Crippen MR) is 83.6 cm³/mol. The molecule has 3 rings (SSSR count). The molecule has 0 saturated heterocycles. The van der Waals surface area contributed by atoms with E-state index in [1.165, 1.54) is 28.6 Å². The lowest BCUT2D eigenvalue weighted by molar-refractivity contribution is 0.163. The van der Waals surface area contributed by atoms with Crippen molar-refractivity contribution in [3.05, 3.63) is 28.7 Å². The van der Waals surface area contributed by atoms with Gasteiger partial charge in [0.15, 0.2) is 0 Å². The fourth-order valence-electron chi connectivity index (χ4n) is 2.88. The number of hydrogen-bond acceptors (Lipinski definition) is 3. The minimum atomic E-state index is -0.0138. The van der Waals surface area contributed by atoms with Gasteiger partial charge in [0.2, 0.25) is 0 Å². The second-order valence-electron chi connectivity index (χ2n) is 5.77. The lowest BCUT2D eigenvalue weighted by Gasteiger charge is -2.28. The van der Waals surface area contributed by atoms with Gasteiger partial charge in [0.1, 0.15) is 0 Å². The summed E-state index contributed by atoms with van der Waals surface area (Å²) in [6.07, 6.45) is 5.92. The van der Waals surface area contributed by atoms with E-state index < -0.39 is 0 Å². The fourth-order valence-corrected chi connectivity index (χ4v) is 4.78. The van der Waals surface area contributed by atoms with Gasteiger partial charge in [-0.15, -0.1) is 11.8 Å². The van der Waals surface area contributed by atoms with Crippen molar-refractivity contribution in [1.29, 1.82) is 0 Å². The van der Waals surface area contributed by atoms with E-state index in [-0.39, 0.29) is 12.1 Å². The summed E-state index contributed by atoms with van der Waals surface area (Å²) in [5, 5.41) is 14.0. The van der Waals surface area contributed by atoms with Gasteiger partial charge in [0.25, 0.3) is 0 Å². The smallest absolute Gasteiger partial charge is 0.0613 e. The van der Waals surface area contributed by atoms with Gasteiger partial charge in [-0.25, -0.2) is 0 Å². The first-order chi connectivity index (χ1) is 9.21. The number of nitrogens with one attached hydrogen (secondary N) is 1. The standard InChI is InChI=1S/C15H20BrNOS/c16-13-3-1-2-4-14(13)19-12-7-8-15(9-12,10-18)17-11-5-6-11/h1-4,11-12,17-18H,5-10H2. The van der Waals surface area contributed by atoms with Crippen molar-refractivity contribution in [3.8, 4) is 0 Å². The van der Waals surface area contributed by atoms with Crippen molar-refractivity contribution in [2.75, 3.05) is 6.61 Å². The van der Waals surface area contributed by atoms with Crippen LogP contribution in [0.4, 0.5) is 0 Å². The Hall–Kier alpha value is -0.0300. The van der Waals surface area contributed by atoms with Crippen LogP contribution < -0.4 is 5.32 Å². The van der Waals surface area contributed by atoms with E-state index in [1.807, 2.05) is 11.8 Å². The molecule has 0 heterocycles. The zero-order valence-corrected chi connectivity index (χ0v) is 13.3. The number of benzene rings is 1. The Balaban J connectivity index is 1.63. The third-order valence-corrected chi connectivity index (χ3v) is 6.38. The minimum absolute atomic E-state index is 0.0138. The van der Waals surface area contributed by atoms with Gasteiger partial charge >= 0.3 is 0 Å². The van der Waals surface area contributed by atoms with Crippen LogP contribution in [-0.4, -0.2) is 28.5 Å². The van der Waals surface area contributed by atoms with Gasteiger partial charge in [-0.05, 0) is 60.2 Å². The SMILES string of the molecule is OCC1(NC2CC2)CCC(Sc2ccccc2Br)C1. The average Bonchev–Trinajstić information content (AvgIpc) is 3.13. The molecule has 2 unspecified atom stereocenters. The second-order valence-corrected chi connectivity index (χ2v) is 7.97. The van der Waals surface area contributed by atoms with Gasteiger partial charge in [0, 0.05) is 26.2 Å². The van der Waals surface area contributed by atoms with Crippen LogP contribution in [0.2, 0.25) is 0 Å². The van der Waals surface area contributed by atoms with Crippen molar-refractivity contribution < 1.29 is 5.11 Å². The van der Waals surface area contributed by atoms with Crippen molar-refractivity contribution in [1.82, 2.24) is 5.32 Å². The monoisotopic (exact) mass is 341 g/mol. The van der Waals surface area contributed by atoms with Crippen LogP contribution in [0.1, 0.15) is 32.1 Å². The van der Waals surface area contributed by atoms with Crippen molar-refractivity contribution in [3.63, 3.8) is 0 Å². The van der Waals surface area contributed by atoms with E-state index in [9.17, 15) is 5.11 Å². The zero-order chi connectivity index (χ0) is 13.3. The van der Waals surface area contributed by atoms with Crippen LogP contribution in [0.25, 0.3) is 0 Å². The molecule has 2 nitrogen and oxygen atoms in total. The Kier molecular flexibility index (Phi) is 4.22. The maximum atomic E-state index is 9.75. The molecule has 0 amide bonds. The van der Waals surface area contributed by atoms with Gasteiger partial charge in [0.05, 0.1) is 6.61 Å². The lowest BCUT2D eigenvalue weighted by Crippen LogP contribution is -2.47. The molecule has 2 aliphatic rings. The molecule has 2 fully saturated rings. The molecule has 2 atom stereocenters. The van der Waals surface area contributed by atoms with Crippen LogP contribution in [-0.2, 0) is 0 Å². The molecule has 0 spiro atoms. The highest BCUT2D eigenvalue weighted by Crippen LogP contribution is 2.43. The van der Waals surface area contributed by atoms with E-state index in [1.54, 1.807) is 0 Å². The van der Waals surface area contributed by atoms with Gasteiger partial charge in [-0.2, -0.15) is 0 Å². The Morgan fingerprint density at radius 1 is 1.32 bits per heavy atom. The van der Waals surface area contributed by atoms with Crippen molar-refractivity contribution in [2.24, 2.45) is 0 Å². The highest BCUT2D eigenvalue weighted by atomic mass is 79.9. The van der Waals surface area contributed by atoms with Gasteiger partial charge in [-0.1, -0.05) is 12.1 Å². The molecule has 104 valence electrons. The van der Waals surface area contributed by atoms with E-state index >= 15 is 0 Å². The zero-order valence-electron chi connectivity index (χ0n) is 10.9. The van der Waals surface area contributed by atoms with Crippen LogP contribution in [0, 0.1) is 0 Å². The first-order valence-corrected chi connectivity index (χ1v) is 8.68. The molecule has 0 radical (unpaired) electrons. The largest absolute Gasteiger partial charge is 0.394 e. The quantitative estimate of drug-likeness (QED) is 0.858. The number of hydrogen-bond donors (Lipinski definition) is 2. The Labute approximate surface area is 127 Å². The van der Waals surface area contributed by atoms with E-state index in [0.717, 1.165) is 12.8 Å². The van der Waals surface area contributed by atoms with Gasteiger partial charge < -0.3 is 10.4 Å². The summed E-state index contributed by atoms with van der Waals surface area (Å²) in [4.78, 5) is 1.31. The summed E-state index contributed by atoms with van der Waals surface area (Å²) in [5.74, 6) is 0. The number of aliphatic hydroxyl groups is 1. The number of thioether (sulfide) groups is 1. The van der Waals surface area contributed by atoms with E-state index in [2.05, 4.69) is 45.5 Å². The normalized spacial score (nSPS) is 30.7. The van der Waals surface area contributed by atoms with Crippen molar-refractivity contribution >= 4 is 27.7 Å². The molecule has 19 heavy (non-hydrogen) atoms. The molecule has 4 heteroatoms. The average molecular weight is 342 g/mol. The van der Waals surface area contributed by atoms with E-state index in [4.69, 9.17) is 0 Å². The van der Waals surface area contributed by atoms with Crippen molar-refractivity contribution in [2.45, 2.75) is 53.8 Å². The number of rotatable bonds is 5. The van der Waals surface area contributed by atoms with Gasteiger partial charge in [-0.3, -0.25) is 0 Å². The van der Waals surface area contributed by atoms with Crippen LogP contribution >= 0.6 is 27.7 Å². The second kappa shape index (κ2) is 5.76. The third kappa shape index (κ3) is 3.35. The molecule has 2 N–H and O–H groups in total. The third-order valence-electron chi connectivity index (χ3n) is 4.08. The Morgan fingerprint density at radius 3 is 2.79 bits per heavy atom.